The van der Waals surface area contributed by atoms with Crippen LogP contribution in [0, 0.1) is 0 Å². The van der Waals surface area contributed by atoms with Gasteiger partial charge in [0.15, 0.2) is 0 Å². The molecule has 0 unspecified atom stereocenters. The van der Waals surface area contributed by atoms with E-state index >= 15 is 0 Å². The fourth-order valence-corrected chi connectivity index (χ4v) is 1.64. The molecule has 7 nitrogen and oxygen atoms in total. The van der Waals surface area contributed by atoms with Gasteiger partial charge in [-0.2, -0.15) is 4.73 Å². The van der Waals surface area contributed by atoms with Gasteiger partial charge in [-0.15, -0.1) is 0 Å². The van der Waals surface area contributed by atoms with Crippen molar-refractivity contribution in [2.24, 2.45) is 0 Å². The average Bonchev–Trinajstić information content (AvgIpc) is 2.82. The van der Waals surface area contributed by atoms with Gasteiger partial charge in [0, 0.05) is 6.54 Å². The maximum absolute atomic E-state index is 11.6. The molecular weight excluding hydrogens is 260 g/mol. The first-order valence-electron chi connectivity index (χ1n) is 6.40. The number of imide groups is 1. The van der Waals surface area contributed by atoms with E-state index in [9.17, 15) is 9.59 Å². The lowest BCUT2D eigenvalue weighted by Crippen LogP contribution is -2.43. The van der Waals surface area contributed by atoms with Gasteiger partial charge >= 0.3 is 12.1 Å². The van der Waals surface area contributed by atoms with Gasteiger partial charge in [-0.05, 0) is 18.6 Å². The number of hydrogen-bond acceptors (Lipinski definition) is 4. The van der Waals surface area contributed by atoms with Crippen LogP contribution in [-0.4, -0.2) is 28.4 Å². The number of fused-ring (bicyclic) bond motifs is 1. The number of hydrogen-bond donors (Lipinski definition) is 2. The summed E-state index contributed by atoms with van der Waals surface area (Å²) in [6.45, 7) is 2.53. The van der Waals surface area contributed by atoms with Crippen LogP contribution < -0.4 is 15.5 Å². The van der Waals surface area contributed by atoms with E-state index < -0.39 is 12.1 Å². The van der Waals surface area contributed by atoms with E-state index in [1.807, 2.05) is 13.0 Å². The fraction of sp³-hybridized carbons (Fsp3) is 0.308. The highest BCUT2D eigenvalue weighted by Gasteiger charge is 2.11. The second-order valence-electron chi connectivity index (χ2n) is 4.17. The van der Waals surface area contributed by atoms with Crippen LogP contribution in [0.1, 0.15) is 19.8 Å². The first kappa shape index (κ1) is 13.9. The zero-order chi connectivity index (χ0) is 14.4. The summed E-state index contributed by atoms with van der Waals surface area (Å²) in [5.74, 6) is 0. The molecule has 3 amide bonds. The van der Waals surface area contributed by atoms with Crippen molar-refractivity contribution in [3.05, 3.63) is 30.6 Å². The largest absolute Gasteiger partial charge is 0.440 e. The van der Waals surface area contributed by atoms with Crippen LogP contribution in [-0.2, 0) is 0 Å². The normalized spacial score (nSPS) is 10.2. The summed E-state index contributed by atoms with van der Waals surface area (Å²) in [4.78, 5) is 32.0. The number of urea groups is 1. The van der Waals surface area contributed by atoms with Crippen molar-refractivity contribution in [1.82, 2.24) is 20.3 Å². The van der Waals surface area contributed by atoms with Gasteiger partial charge in [0.1, 0.15) is 11.8 Å². The van der Waals surface area contributed by atoms with Crippen molar-refractivity contribution in [3.63, 3.8) is 0 Å². The van der Waals surface area contributed by atoms with Crippen molar-refractivity contribution in [1.29, 1.82) is 0 Å². The number of rotatable bonds is 4. The SMILES string of the molecule is CCCCNC(=O)NC(=O)On1cnc2ccccc21. The topological polar surface area (TPSA) is 85.3 Å². The molecule has 0 saturated carbocycles. The van der Waals surface area contributed by atoms with Crippen LogP contribution in [0.5, 0.6) is 0 Å². The van der Waals surface area contributed by atoms with Crippen LogP contribution in [0.3, 0.4) is 0 Å². The fourth-order valence-electron chi connectivity index (χ4n) is 1.64. The third kappa shape index (κ3) is 3.47. The molecule has 1 aromatic carbocycles. The zero-order valence-corrected chi connectivity index (χ0v) is 11.1. The lowest BCUT2D eigenvalue weighted by Gasteiger charge is -2.07. The standard InChI is InChI=1S/C13H16N4O3/c1-2-3-8-14-12(18)16-13(19)20-17-9-15-10-6-4-5-7-11(10)17/h4-7,9H,2-3,8H2,1H3,(H2,14,16,18,19). The number of aromatic nitrogens is 2. The Morgan fingerprint density at radius 2 is 2.15 bits per heavy atom. The predicted molar refractivity (Wildman–Crippen MR) is 73.2 cm³/mol. The predicted octanol–water partition coefficient (Wildman–Crippen LogP) is 1.68. The Labute approximate surface area is 115 Å². The molecule has 0 aliphatic heterocycles. The van der Waals surface area contributed by atoms with Gasteiger partial charge in [0.05, 0.1) is 5.52 Å². The summed E-state index contributed by atoms with van der Waals surface area (Å²) in [6.07, 6.45) is 2.33. The number of nitrogens with zero attached hydrogens (tertiary/aromatic N) is 2. The lowest BCUT2D eigenvalue weighted by atomic mass is 10.3. The molecule has 2 rings (SSSR count). The van der Waals surface area contributed by atoms with Gasteiger partial charge in [0.2, 0.25) is 0 Å². The highest BCUT2D eigenvalue weighted by atomic mass is 16.7. The third-order valence-corrected chi connectivity index (χ3v) is 2.63. The van der Waals surface area contributed by atoms with E-state index in [1.165, 1.54) is 11.1 Å². The van der Waals surface area contributed by atoms with E-state index in [4.69, 9.17) is 4.84 Å². The van der Waals surface area contributed by atoms with Crippen LogP contribution >= 0.6 is 0 Å². The summed E-state index contributed by atoms with van der Waals surface area (Å²) in [7, 11) is 0. The Hall–Kier alpha value is -2.57. The molecule has 0 aliphatic rings. The number of benzene rings is 1. The first-order valence-corrected chi connectivity index (χ1v) is 6.40. The van der Waals surface area contributed by atoms with Crippen molar-refractivity contribution >= 4 is 23.2 Å². The number of para-hydroxylation sites is 2. The number of imidazole rings is 1. The minimum atomic E-state index is -0.859. The van der Waals surface area contributed by atoms with E-state index in [0.29, 0.717) is 17.6 Å². The Bertz CT molecular complexity index is 608. The molecule has 2 aromatic rings. The Balaban J connectivity index is 1.90. The Morgan fingerprint density at radius 3 is 2.95 bits per heavy atom. The molecule has 0 bridgehead atoms. The number of amides is 3. The molecule has 0 radical (unpaired) electrons. The Kier molecular flexibility index (Phi) is 4.54. The summed E-state index contributed by atoms with van der Waals surface area (Å²) >= 11 is 0. The lowest BCUT2D eigenvalue weighted by molar-refractivity contribution is 0.139. The molecule has 0 saturated heterocycles. The van der Waals surface area contributed by atoms with Gasteiger partial charge in [-0.3, -0.25) is 0 Å². The molecule has 2 N–H and O–H groups in total. The zero-order valence-electron chi connectivity index (χ0n) is 11.1. The minimum Gasteiger partial charge on any atom is -0.338 e. The van der Waals surface area contributed by atoms with Gasteiger partial charge in [-0.25, -0.2) is 19.9 Å². The average molecular weight is 276 g/mol. The molecule has 1 heterocycles. The van der Waals surface area contributed by atoms with Crippen LogP contribution in [0.25, 0.3) is 11.0 Å². The molecule has 0 spiro atoms. The van der Waals surface area contributed by atoms with Gasteiger partial charge in [-0.1, -0.05) is 25.5 Å². The molecular formula is C13H16N4O3. The number of carbonyl (C=O) groups excluding carboxylic acids is 2. The van der Waals surface area contributed by atoms with E-state index in [-0.39, 0.29) is 0 Å². The van der Waals surface area contributed by atoms with Crippen molar-refractivity contribution in [2.45, 2.75) is 19.8 Å². The first-order chi connectivity index (χ1) is 9.70. The van der Waals surface area contributed by atoms with Crippen LogP contribution in [0.4, 0.5) is 9.59 Å². The van der Waals surface area contributed by atoms with Crippen molar-refractivity contribution in [2.75, 3.05) is 6.54 Å². The summed E-state index contributed by atoms with van der Waals surface area (Å²) in [5.41, 5.74) is 1.35. The highest BCUT2D eigenvalue weighted by molar-refractivity contribution is 5.91. The minimum absolute atomic E-state index is 0.517. The van der Waals surface area contributed by atoms with Gasteiger partial charge < -0.3 is 10.2 Å². The van der Waals surface area contributed by atoms with Crippen molar-refractivity contribution in [3.8, 4) is 0 Å². The molecule has 0 fully saturated rings. The molecule has 0 aliphatic carbocycles. The quantitative estimate of drug-likeness (QED) is 0.832. The molecule has 106 valence electrons. The summed E-state index contributed by atoms with van der Waals surface area (Å²) in [5, 5.41) is 4.64. The molecule has 7 heteroatoms. The number of carbonyl (C=O) groups is 2. The Morgan fingerprint density at radius 1 is 1.35 bits per heavy atom. The molecule has 0 atom stereocenters. The van der Waals surface area contributed by atoms with E-state index in [2.05, 4.69) is 15.6 Å². The summed E-state index contributed by atoms with van der Waals surface area (Å²) < 4.78 is 1.21. The smallest absolute Gasteiger partial charge is 0.338 e. The second kappa shape index (κ2) is 6.55. The second-order valence-corrected chi connectivity index (χ2v) is 4.17. The molecule has 1 aromatic heterocycles. The van der Waals surface area contributed by atoms with Crippen molar-refractivity contribution < 1.29 is 14.4 Å². The van der Waals surface area contributed by atoms with Crippen LogP contribution in [0.15, 0.2) is 30.6 Å². The maximum atomic E-state index is 11.6. The monoisotopic (exact) mass is 276 g/mol. The maximum Gasteiger partial charge on any atom is 0.440 e. The third-order valence-electron chi connectivity index (χ3n) is 2.63. The molecule has 20 heavy (non-hydrogen) atoms. The number of nitrogens with one attached hydrogen (secondary N) is 2. The highest BCUT2D eigenvalue weighted by Crippen LogP contribution is 2.09. The van der Waals surface area contributed by atoms with Crippen LogP contribution in [0.2, 0.25) is 0 Å². The van der Waals surface area contributed by atoms with Gasteiger partial charge in [0.25, 0.3) is 0 Å². The summed E-state index contributed by atoms with van der Waals surface area (Å²) in [6, 6.07) is 6.62. The van der Waals surface area contributed by atoms with E-state index in [1.54, 1.807) is 18.2 Å². The number of unbranched alkanes of at least 4 members (excludes halogenated alkanes) is 1. The van der Waals surface area contributed by atoms with E-state index in [0.717, 1.165) is 12.8 Å².